The van der Waals surface area contributed by atoms with Crippen LogP contribution in [0.4, 0.5) is 0 Å². The van der Waals surface area contributed by atoms with E-state index in [1.807, 2.05) is 36.4 Å². The molecule has 0 saturated carbocycles. The van der Waals surface area contributed by atoms with Gasteiger partial charge in [0.25, 0.3) is 5.56 Å². The highest BCUT2D eigenvalue weighted by atomic mass is 127. The third-order valence-corrected chi connectivity index (χ3v) is 3.89. The van der Waals surface area contributed by atoms with Crippen LogP contribution in [0, 0.1) is 16.4 Å². The van der Waals surface area contributed by atoms with Gasteiger partial charge in [-0.3, -0.25) is 14.2 Å². The van der Waals surface area contributed by atoms with E-state index in [2.05, 4.69) is 4.98 Å². The monoisotopic (exact) mass is 334 g/mol. The number of hydrogen-bond donors (Lipinski definition) is 0. The fourth-order valence-electron chi connectivity index (χ4n) is 1.21. The van der Waals surface area contributed by atoms with Gasteiger partial charge in [0.15, 0.2) is 5.78 Å². The standard InChI is InChI=1S/C11H15IN2O2/c1-4-7(2)9(15)5-14-6-13-8(3)10(12)11(14)16/h6-7H,4-5H2,1-3H3. The van der Waals surface area contributed by atoms with Gasteiger partial charge in [-0.2, -0.15) is 0 Å². The predicted molar refractivity (Wildman–Crippen MR) is 70.4 cm³/mol. The van der Waals surface area contributed by atoms with Gasteiger partial charge in [-0.25, -0.2) is 4.98 Å². The number of rotatable bonds is 4. The van der Waals surface area contributed by atoms with Crippen LogP contribution in [0.3, 0.4) is 0 Å². The maximum atomic E-state index is 11.8. The first-order chi connectivity index (χ1) is 7.47. The van der Waals surface area contributed by atoms with Gasteiger partial charge >= 0.3 is 0 Å². The van der Waals surface area contributed by atoms with E-state index in [4.69, 9.17) is 0 Å². The second-order valence-electron chi connectivity index (χ2n) is 3.85. The van der Waals surface area contributed by atoms with E-state index >= 15 is 0 Å². The van der Waals surface area contributed by atoms with Crippen LogP contribution in [-0.2, 0) is 11.3 Å². The van der Waals surface area contributed by atoms with Gasteiger partial charge in [0.05, 0.1) is 22.1 Å². The normalized spacial score (nSPS) is 12.5. The second kappa shape index (κ2) is 5.56. The van der Waals surface area contributed by atoms with E-state index in [9.17, 15) is 9.59 Å². The average Bonchev–Trinajstić information content (AvgIpc) is 2.28. The molecule has 0 saturated heterocycles. The number of halogens is 1. The van der Waals surface area contributed by atoms with Crippen LogP contribution in [-0.4, -0.2) is 15.3 Å². The minimum atomic E-state index is -0.134. The third-order valence-electron chi connectivity index (χ3n) is 2.65. The van der Waals surface area contributed by atoms with Crippen LogP contribution in [0.2, 0.25) is 0 Å². The number of aryl methyl sites for hydroxylation is 1. The summed E-state index contributed by atoms with van der Waals surface area (Å²) >= 11 is 1.96. The summed E-state index contributed by atoms with van der Waals surface area (Å²) in [6, 6.07) is 0. The summed E-state index contributed by atoms with van der Waals surface area (Å²) in [4.78, 5) is 27.6. The summed E-state index contributed by atoms with van der Waals surface area (Å²) in [5.74, 6) is 0.0666. The Balaban J connectivity index is 2.95. The van der Waals surface area contributed by atoms with Crippen molar-refractivity contribution in [1.82, 2.24) is 9.55 Å². The molecule has 0 amide bonds. The number of Topliss-reactive ketones (excluding diaryl/α,β-unsaturated/α-hetero) is 1. The van der Waals surface area contributed by atoms with E-state index in [1.54, 1.807) is 6.92 Å². The molecule has 0 aliphatic rings. The molecule has 0 aliphatic heterocycles. The van der Waals surface area contributed by atoms with Crippen molar-refractivity contribution in [3.05, 3.63) is 25.9 Å². The predicted octanol–water partition coefficient (Wildman–Crippen LogP) is 1.77. The van der Waals surface area contributed by atoms with E-state index in [0.717, 1.165) is 6.42 Å². The molecule has 0 aliphatic carbocycles. The number of aromatic nitrogens is 2. The summed E-state index contributed by atoms with van der Waals surface area (Å²) in [6.45, 7) is 5.74. The summed E-state index contributed by atoms with van der Waals surface area (Å²) in [5, 5.41) is 0. The molecule has 1 rings (SSSR count). The number of nitrogens with zero attached hydrogens (tertiary/aromatic N) is 2. The van der Waals surface area contributed by atoms with Crippen LogP contribution < -0.4 is 5.56 Å². The molecule has 1 unspecified atom stereocenters. The lowest BCUT2D eigenvalue weighted by atomic mass is 10.0. The zero-order valence-corrected chi connectivity index (χ0v) is 11.8. The van der Waals surface area contributed by atoms with Crippen LogP contribution in [0.15, 0.2) is 11.1 Å². The fourth-order valence-corrected chi connectivity index (χ4v) is 1.66. The Hall–Kier alpha value is -0.720. The highest BCUT2D eigenvalue weighted by Crippen LogP contribution is 2.05. The fraction of sp³-hybridized carbons (Fsp3) is 0.545. The topological polar surface area (TPSA) is 52.0 Å². The lowest BCUT2D eigenvalue weighted by Gasteiger charge is -2.09. The first-order valence-corrected chi connectivity index (χ1v) is 6.29. The first kappa shape index (κ1) is 13.3. The third kappa shape index (κ3) is 2.90. The smallest absolute Gasteiger partial charge is 0.267 e. The molecule has 0 radical (unpaired) electrons. The Morgan fingerprint density at radius 1 is 1.62 bits per heavy atom. The van der Waals surface area contributed by atoms with Crippen LogP contribution in [0.25, 0.3) is 0 Å². The lowest BCUT2D eigenvalue weighted by Crippen LogP contribution is -2.29. The Morgan fingerprint density at radius 3 is 2.81 bits per heavy atom. The first-order valence-electron chi connectivity index (χ1n) is 5.21. The van der Waals surface area contributed by atoms with Gasteiger partial charge in [0, 0.05) is 5.92 Å². The average molecular weight is 334 g/mol. The van der Waals surface area contributed by atoms with Crippen molar-refractivity contribution in [1.29, 1.82) is 0 Å². The van der Waals surface area contributed by atoms with E-state index in [0.29, 0.717) is 9.26 Å². The van der Waals surface area contributed by atoms with Crippen molar-refractivity contribution in [3.8, 4) is 0 Å². The van der Waals surface area contributed by atoms with E-state index in [-0.39, 0.29) is 23.8 Å². The molecule has 0 N–H and O–H groups in total. The van der Waals surface area contributed by atoms with Crippen molar-refractivity contribution in [2.45, 2.75) is 33.7 Å². The molecule has 16 heavy (non-hydrogen) atoms. The molecule has 5 heteroatoms. The maximum Gasteiger partial charge on any atom is 0.267 e. The molecule has 4 nitrogen and oxygen atoms in total. The SMILES string of the molecule is CCC(C)C(=O)Cn1cnc(C)c(I)c1=O. The Bertz CT molecular complexity index is 454. The largest absolute Gasteiger partial charge is 0.297 e. The van der Waals surface area contributed by atoms with Crippen LogP contribution in [0.5, 0.6) is 0 Å². The molecule has 1 aromatic heterocycles. The highest BCUT2D eigenvalue weighted by Gasteiger charge is 2.13. The zero-order chi connectivity index (χ0) is 12.3. The molecule has 88 valence electrons. The maximum absolute atomic E-state index is 11.8. The number of carbonyl (C=O) groups excluding carboxylic acids is 1. The minimum Gasteiger partial charge on any atom is -0.297 e. The van der Waals surface area contributed by atoms with E-state index < -0.39 is 0 Å². The van der Waals surface area contributed by atoms with Gasteiger partial charge in [0.1, 0.15) is 0 Å². The number of carbonyl (C=O) groups is 1. The molecule has 0 fully saturated rings. The molecule has 0 aromatic carbocycles. The summed E-state index contributed by atoms with van der Waals surface area (Å²) < 4.78 is 1.96. The molecule has 1 atom stereocenters. The van der Waals surface area contributed by atoms with Gasteiger partial charge < -0.3 is 0 Å². The van der Waals surface area contributed by atoms with Crippen LogP contribution >= 0.6 is 22.6 Å². The molecule has 1 heterocycles. The lowest BCUT2D eigenvalue weighted by molar-refractivity contribution is -0.123. The highest BCUT2D eigenvalue weighted by molar-refractivity contribution is 14.1. The molecule has 1 aromatic rings. The van der Waals surface area contributed by atoms with Gasteiger partial charge in [-0.1, -0.05) is 13.8 Å². The number of ketones is 1. The van der Waals surface area contributed by atoms with Crippen molar-refractivity contribution >= 4 is 28.4 Å². The Labute approximate surface area is 108 Å². The van der Waals surface area contributed by atoms with E-state index in [1.165, 1.54) is 10.9 Å². The second-order valence-corrected chi connectivity index (χ2v) is 4.93. The molecule has 0 bridgehead atoms. The van der Waals surface area contributed by atoms with Gasteiger partial charge in [-0.05, 0) is 35.9 Å². The van der Waals surface area contributed by atoms with Crippen molar-refractivity contribution in [2.24, 2.45) is 5.92 Å². The quantitative estimate of drug-likeness (QED) is 0.789. The molecular formula is C11H15IN2O2. The number of hydrogen-bond acceptors (Lipinski definition) is 3. The molecule has 0 spiro atoms. The minimum absolute atomic E-state index is 0.00846. The zero-order valence-electron chi connectivity index (χ0n) is 9.66. The van der Waals surface area contributed by atoms with Crippen LogP contribution in [0.1, 0.15) is 26.0 Å². The summed E-state index contributed by atoms with van der Waals surface area (Å²) in [6.07, 6.45) is 2.24. The Morgan fingerprint density at radius 2 is 2.25 bits per heavy atom. The summed E-state index contributed by atoms with van der Waals surface area (Å²) in [5.41, 5.74) is 0.572. The summed E-state index contributed by atoms with van der Waals surface area (Å²) in [7, 11) is 0. The van der Waals surface area contributed by atoms with Crippen molar-refractivity contribution < 1.29 is 4.79 Å². The van der Waals surface area contributed by atoms with Crippen molar-refractivity contribution in [3.63, 3.8) is 0 Å². The van der Waals surface area contributed by atoms with Gasteiger partial charge in [-0.15, -0.1) is 0 Å². The van der Waals surface area contributed by atoms with Crippen molar-refractivity contribution in [2.75, 3.05) is 0 Å². The molecular weight excluding hydrogens is 319 g/mol. The van der Waals surface area contributed by atoms with Gasteiger partial charge in [0.2, 0.25) is 0 Å². The Kier molecular flexibility index (Phi) is 4.64.